The summed E-state index contributed by atoms with van der Waals surface area (Å²) in [5, 5.41) is 5.42. The van der Waals surface area contributed by atoms with E-state index in [4.69, 9.17) is 21.3 Å². The van der Waals surface area contributed by atoms with Crippen molar-refractivity contribution in [2.45, 2.75) is 32.9 Å². The van der Waals surface area contributed by atoms with Crippen molar-refractivity contribution in [2.75, 3.05) is 26.3 Å². The van der Waals surface area contributed by atoms with Gasteiger partial charge in [-0.25, -0.2) is 9.67 Å². The second-order valence-corrected chi connectivity index (χ2v) is 6.27. The minimum absolute atomic E-state index is 0.250. The van der Waals surface area contributed by atoms with Crippen molar-refractivity contribution in [3.63, 3.8) is 0 Å². The molecule has 124 valence electrons. The van der Waals surface area contributed by atoms with Gasteiger partial charge in [-0.1, -0.05) is 23.7 Å². The Bertz CT molecular complexity index is 652. The fraction of sp³-hybridized carbons (Fsp3) is 0.529. The molecule has 2 heterocycles. The van der Waals surface area contributed by atoms with Crippen LogP contribution in [-0.4, -0.2) is 46.0 Å². The van der Waals surface area contributed by atoms with Crippen LogP contribution in [0.4, 0.5) is 0 Å². The molecular weight excluding hydrogens is 312 g/mol. The van der Waals surface area contributed by atoms with Crippen LogP contribution in [0.25, 0.3) is 0 Å². The number of hydrogen-bond donors (Lipinski definition) is 0. The van der Waals surface area contributed by atoms with Crippen LogP contribution in [-0.2, 0) is 17.7 Å². The molecule has 1 fully saturated rings. The number of morpholine rings is 1. The van der Waals surface area contributed by atoms with Crippen molar-refractivity contribution in [3.8, 4) is 0 Å². The average Bonchev–Trinajstić information content (AvgIpc) is 2.98. The molecule has 1 saturated heterocycles. The zero-order valence-electron chi connectivity index (χ0n) is 13.7. The molecule has 5 nitrogen and oxygen atoms in total. The van der Waals surface area contributed by atoms with Gasteiger partial charge in [0.1, 0.15) is 5.82 Å². The summed E-state index contributed by atoms with van der Waals surface area (Å²) >= 11 is 6.06. The molecule has 0 aliphatic carbocycles. The summed E-state index contributed by atoms with van der Waals surface area (Å²) in [5.41, 5.74) is 1.14. The minimum Gasteiger partial charge on any atom is -0.379 e. The van der Waals surface area contributed by atoms with Gasteiger partial charge in [-0.05, 0) is 31.5 Å². The molecule has 1 aliphatic heterocycles. The van der Waals surface area contributed by atoms with Gasteiger partial charge in [0.05, 0.1) is 19.3 Å². The van der Waals surface area contributed by atoms with Gasteiger partial charge < -0.3 is 4.74 Å². The third kappa shape index (κ3) is 3.91. The molecule has 1 aromatic carbocycles. The van der Waals surface area contributed by atoms with Gasteiger partial charge in [0, 0.05) is 31.1 Å². The number of nitrogens with zero attached hydrogens (tertiary/aromatic N) is 4. The van der Waals surface area contributed by atoms with E-state index in [-0.39, 0.29) is 6.04 Å². The fourth-order valence-corrected chi connectivity index (χ4v) is 3.19. The number of halogens is 1. The van der Waals surface area contributed by atoms with E-state index in [1.807, 2.05) is 22.9 Å². The first kappa shape index (κ1) is 16.4. The van der Waals surface area contributed by atoms with E-state index in [2.05, 4.69) is 29.9 Å². The lowest BCUT2D eigenvalue weighted by Crippen LogP contribution is -2.39. The Morgan fingerprint density at radius 1 is 1.30 bits per heavy atom. The van der Waals surface area contributed by atoms with Gasteiger partial charge in [-0.2, -0.15) is 5.10 Å². The van der Waals surface area contributed by atoms with Crippen LogP contribution in [0.15, 0.2) is 24.3 Å². The minimum atomic E-state index is 0.250. The van der Waals surface area contributed by atoms with Crippen molar-refractivity contribution in [1.29, 1.82) is 0 Å². The Labute approximate surface area is 142 Å². The molecule has 1 aromatic heterocycles. The maximum Gasteiger partial charge on any atom is 0.155 e. The molecule has 3 rings (SSSR count). The number of rotatable bonds is 5. The second-order valence-electron chi connectivity index (χ2n) is 5.83. The van der Waals surface area contributed by atoms with Gasteiger partial charge in [-0.15, -0.1) is 0 Å². The van der Waals surface area contributed by atoms with E-state index in [0.29, 0.717) is 6.42 Å². The van der Waals surface area contributed by atoms with E-state index in [0.717, 1.165) is 55.1 Å². The van der Waals surface area contributed by atoms with E-state index in [1.54, 1.807) is 0 Å². The largest absolute Gasteiger partial charge is 0.379 e. The Balaban J connectivity index is 1.79. The molecular formula is C17H23ClN4O. The summed E-state index contributed by atoms with van der Waals surface area (Å²) in [6.45, 7) is 8.60. The molecule has 0 radical (unpaired) electrons. The summed E-state index contributed by atoms with van der Waals surface area (Å²) in [6.07, 6.45) is 0.705. The first-order valence-electron chi connectivity index (χ1n) is 8.17. The Morgan fingerprint density at radius 3 is 2.78 bits per heavy atom. The zero-order chi connectivity index (χ0) is 16.2. The van der Waals surface area contributed by atoms with Gasteiger partial charge in [-0.3, -0.25) is 4.90 Å². The third-order valence-electron chi connectivity index (χ3n) is 4.26. The van der Waals surface area contributed by atoms with Crippen molar-refractivity contribution < 1.29 is 4.74 Å². The van der Waals surface area contributed by atoms with E-state index in [9.17, 15) is 0 Å². The SMILES string of the molecule is CCn1nc(Cc2cccc(Cl)c2)nc1[C@H](C)N1CCOCC1. The molecule has 6 heteroatoms. The number of aryl methyl sites for hydroxylation is 1. The first-order valence-corrected chi connectivity index (χ1v) is 8.55. The molecule has 2 aromatic rings. The van der Waals surface area contributed by atoms with Crippen LogP contribution in [0.3, 0.4) is 0 Å². The predicted octanol–water partition coefficient (Wildman–Crippen LogP) is 2.94. The quantitative estimate of drug-likeness (QED) is 0.843. The van der Waals surface area contributed by atoms with E-state index in [1.165, 1.54) is 0 Å². The molecule has 0 bridgehead atoms. The molecule has 1 aliphatic rings. The van der Waals surface area contributed by atoms with Crippen LogP contribution in [0.5, 0.6) is 0 Å². The van der Waals surface area contributed by atoms with Gasteiger partial charge in [0.25, 0.3) is 0 Å². The number of benzene rings is 1. The predicted molar refractivity (Wildman–Crippen MR) is 90.8 cm³/mol. The second kappa shape index (κ2) is 7.43. The Kier molecular flexibility index (Phi) is 5.30. The van der Waals surface area contributed by atoms with E-state index < -0.39 is 0 Å². The van der Waals surface area contributed by atoms with Crippen molar-refractivity contribution >= 4 is 11.6 Å². The molecule has 0 N–H and O–H groups in total. The van der Waals surface area contributed by atoms with Crippen LogP contribution >= 0.6 is 11.6 Å². The van der Waals surface area contributed by atoms with Crippen molar-refractivity contribution in [3.05, 3.63) is 46.5 Å². The van der Waals surface area contributed by atoms with Crippen LogP contribution in [0, 0.1) is 0 Å². The van der Waals surface area contributed by atoms with Gasteiger partial charge >= 0.3 is 0 Å². The van der Waals surface area contributed by atoms with Crippen molar-refractivity contribution in [1.82, 2.24) is 19.7 Å². The maximum atomic E-state index is 6.06. The molecule has 0 saturated carbocycles. The molecule has 0 amide bonds. The van der Waals surface area contributed by atoms with Crippen LogP contribution < -0.4 is 0 Å². The number of ether oxygens (including phenoxy) is 1. The Morgan fingerprint density at radius 2 is 2.09 bits per heavy atom. The summed E-state index contributed by atoms with van der Waals surface area (Å²) < 4.78 is 7.45. The molecule has 1 atom stereocenters. The average molecular weight is 335 g/mol. The summed E-state index contributed by atoms with van der Waals surface area (Å²) in [6, 6.07) is 8.13. The monoisotopic (exact) mass is 334 g/mol. The molecule has 23 heavy (non-hydrogen) atoms. The highest BCUT2D eigenvalue weighted by atomic mass is 35.5. The van der Waals surface area contributed by atoms with E-state index >= 15 is 0 Å². The summed E-state index contributed by atoms with van der Waals surface area (Å²) in [7, 11) is 0. The highest BCUT2D eigenvalue weighted by Gasteiger charge is 2.23. The van der Waals surface area contributed by atoms with Crippen molar-refractivity contribution in [2.24, 2.45) is 0 Å². The standard InChI is InChI=1S/C17H23ClN4O/c1-3-22-17(13(2)21-7-9-23-10-8-21)19-16(20-22)12-14-5-4-6-15(18)11-14/h4-6,11,13H,3,7-10,12H2,1-2H3/t13-/m0/s1. The molecule has 0 unspecified atom stereocenters. The summed E-state index contributed by atoms with van der Waals surface area (Å²) in [5.74, 6) is 1.88. The zero-order valence-corrected chi connectivity index (χ0v) is 14.5. The van der Waals surface area contributed by atoms with Crippen LogP contribution in [0.1, 0.15) is 37.1 Å². The summed E-state index contributed by atoms with van der Waals surface area (Å²) in [4.78, 5) is 7.21. The highest BCUT2D eigenvalue weighted by molar-refractivity contribution is 6.30. The van der Waals surface area contributed by atoms with Crippen LogP contribution in [0.2, 0.25) is 5.02 Å². The topological polar surface area (TPSA) is 43.2 Å². The first-order chi connectivity index (χ1) is 11.2. The highest BCUT2D eigenvalue weighted by Crippen LogP contribution is 2.21. The lowest BCUT2D eigenvalue weighted by Gasteiger charge is -2.31. The van der Waals surface area contributed by atoms with Gasteiger partial charge in [0.2, 0.25) is 0 Å². The lowest BCUT2D eigenvalue weighted by atomic mass is 10.1. The lowest BCUT2D eigenvalue weighted by molar-refractivity contribution is 0.0173. The smallest absolute Gasteiger partial charge is 0.155 e. The van der Waals surface area contributed by atoms with Gasteiger partial charge in [0.15, 0.2) is 5.82 Å². The number of hydrogen-bond acceptors (Lipinski definition) is 4. The maximum absolute atomic E-state index is 6.06. The third-order valence-corrected chi connectivity index (χ3v) is 4.50. The normalized spacial score (nSPS) is 17.3. The Hall–Kier alpha value is -1.43. The fourth-order valence-electron chi connectivity index (χ4n) is 2.98. The molecule has 0 spiro atoms. The number of aromatic nitrogens is 3.